The summed E-state index contributed by atoms with van der Waals surface area (Å²) in [6.07, 6.45) is 1.56. The lowest BCUT2D eigenvalue weighted by Crippen LogP contribution is -2.25. The second-order valence-corrected chi connectivity index (χ2v) is 4.53. The molecule has 2 rings (SSSR count). The monoisotopic (exact) mass is 225 g/mol. The van der Waals surface area contributed by atoms with Crippen molar-refractivity contribution in [2.45, 2.75) is 19.3 Å². The average molecular weight is 225 g/mol. The highest BCUT2D eigenvalue weighted by atomic mass is 19.1. The molecule has 0 fully saturated rings. The molecular formula is C12H13F2NO. The zero-order valence-electron chi connectivity index (χ0n) is 9.14. The molecule has 0 aliphatic rings. The summed E-state index contributed by atoms with van der Waals surface area (Å²) >= 11 is 0. The fourth-order valence-corrected chi connectivity index (χ4v) is 1.83. The zero-order chi connectivity index (χ0) is 11.9. The Hall–Kier alpha value is -1.42. The summed E-state index contributed by atoms with van der Waals surface area (Å²) in [5.74, 6) is -1.25. The number of hydrogen-bond acceptors (Lipinski definition) is 1. The van der Waals surface area contributed by atoms with Crippen LogP contribution in [-0.4, -0.2) is 16.7 Å². The second-order valence-electron chi connectivity index (χ2n) is 4.53. The average Bonchev–Trinajstić information content (AvgIpc) is 2.65. The van der Waals surface area contributed by atoms with Crippen LogP contribution in [0.4, 0.5) is 8.78 Å². The highest BCUT2D eigenvalue weighted by Gasteiger charge is 2.28. The van der Waals surface area contributed by atoms with Gasteiger partial charge in [0.25, 0.3) is 0 Å². The molecule has 0 saturated heterocycles. The van der Waals surface area contributed by atoms with Crippen LogP contribution in [-0.2, 0) is 5.41 Å². The summed E-state index contributed by atoms with van der Waals surface area (Å²) in [5.41, 5.74) is -0.740. The number of aliphatic hydroxyl groups is 1. The van der Waals surface area contributed by atoms with E-state index in [2.05, 4.69) is 4.98 Å². The smallest absolute Gasteiger partial charge is 0.153 e. The van der Waals surface area contributed by atoms with E-state index < -0.39 is 17.0 Å². The van der Waals surface area contributed by atoms with Crippen LogP contribution in [0.3, 0.4) is 0 Å². The molecule has 0 unspecified atom stereocenters. The first-order valence-electron chi connectivity index (χ1n) is 5.04. The van der Waals surface area contributed by atoms with E-state index >= 15 is 0 Å². The Labute approximate surface area is 91.9 Å². The largest absolute Gasteiger partial charge is 0.395 e. The van der Waals surface area contributed by atoms with E-state index in [0.717, 1.165) is 0 Å². The van der Waals surface area contributed by atoms with Gasteiger partial charge in [0.05, 0.1) is 12.1 Å². The van der Waals surface area contributed by atoms with Crippen molar-refractivity contribution in [3.63, 3.8) is 0 Å². The number of nitrogens with one attached hydrogen (secondary N) is 1. The molecule has 0 aliphatic carbocycles. The third-order valence-electron chi connectivity index (χ3n) is 2.81. The lowest BCUT2D eigenvalue weighted by Gasteiger charge is -2.23. The molecule has 4 heteroatoms. The number of aliphatic hydroxyl groups excluding tert-OH is 1. The SMILES string of the molecule is CC(C)(CO)c1c(F)cc2cc[nH]c2c1F. The highest BCUT2D eigenvalue weighted by Crippen LogP contribution is 2.32. The van der Waals surface area contributed by atoms with E-state index in [4.69, 9.17) is 0 Å². The Kier molecular flexibility index (Phi) is 2.46. The van der Waals surface area contributed by atoms with E-state index in [1.807, 2.05) is 0 Å². The van der Waals surface area contributed by atoms with Crippen molar-refractivity contribution in [3.05, 3.63) is 35.5 Å². The van der Waals surface area contributed by atoms with Gasteiger partial charge in [-0.2, -0.15) is 0 Å². The van der Waals surface area contributed by atoms with Crippen molar-refractivity contribution >= 4 is 10.9 Å². The van der Waals surface area contributed by atoms with Crippen LogP contribution in [0.1, 0.15) is 19.4 Å². The molecule has 0 aliphatic heterocycles. The normalized spacial score (nSPS) is 12.3. The van der Waals surface area contributed by atoms with Crippen molar-refractivity contribution in [1.29, 1.82) is 0 Å². The first kappa shape index (κ1) is 11.1. The Balaban J connectivity index is 2.78. The zero-order valence-corrected chi connectivity index (χ0v) is 9.14. The van der Waals surface area contributed by atoms with Gasteiger partial charge in [-0.1, -0.05) is 13.8 Å². The summed E-state index contributed by atoms with van der Waals surface area (Å²) in [6, 6.07) is 2.89. The molecule has 2 N–H and O–H groups in total. The van der Waals surface area contributed by atoms with Crippen LogP contribution in [0.15, 0.2) is 18.3 Å². The summed E-state index contributed by atoms with van der Waals surface area (Å²) in [6.45, 7) is 2.89. The number of benzene rings is 1. The van der Waals surface area contributed by atoms with Gasteiger partial charge in [-0.3, -0.25) is 0 Å². The predicted molar refractivity (Wildman–Crippen MR) is 58.3 cm³/mol. The quantitative estimate of drug-likeness (QED) is 0.810. The van der Waals surface area contributed by atoms with E-state index in [1.54, 1.807) is 26.1 Å². The molecule has 0 spiro atoms. The Bertz CT molecular complexity index is 531. The minimum atomic E-state index is -0.937. The first-order valence-corrected chi connectivity index (χ1v) is 5.04. The number of aromatic amines is 1. The molecule has 1 aromatic heterocycles. The lowest BCUT2D eigenvalue weighted by molar-refractivity contribution is 0.211. The van der Waals surface area contributed by atoms with Gasteiger partial charge in [0.15, 0.2) is 5.82 Å². The molecule has 2 aromatic rings. The van der Waals surface area contributed by atoms with Crippen LogP contribution in [0.25, 0.3) is 10.9 Å². The molecule has 1 heterocycles. The molecule has 0 atom stereocenters. The minimum Gasteiger partial charge on any atom is -0.395 e. The standard InChI is InChI=1S/C12H13F2NO/c1-12(2,6-16)9-8(13)5-7-3-4-15-11(7)10(9)14/h3-5,15-16H,6H2,1-2H3. The minimum absolute atomic E-state index is 0.0787. The van der Waals surface area contributed by atoms with Gasteiger partial charge in [0, 0.05) is 22.6 Å². The number of aromatic nitrogens is 1. The van der Waals surface area contributed by atoms with Crippen LogP contribution < -0.4 is 0 Å². The van der Waals surface area contributed by atoms with Gasteiger partial charge in [-0.25, -0.2) is 8.78 Å². The van der Waals surface area contributed by atoms with Gasteiger partial charge in [-0.05, 0) is 12.1 Å². The van der Waals surface area contributed by atoms with Gasteiger partial charge in [0.2, 0.25) is 0 Å². The molecular weight excluding hydrogens is 212 g/mol. The van der Waals surface area contributed by atoms with Gasteiger partial charge in [-0.15, -0.1) is 0 Å². The third kappa shape index (κ3) is 1.50. The van der Waals surface area contributed by atoms with Crippen molar-refractivity contribution < 1.29 is 13.9 Å². The lowest BCUT2D eigenvalue weighted by atomic mass is 9.84. The van der Waals surface area contributed by atoms with Gasteiger partial charge < -0.3 is 10.1 Å². The van der Waals surface area contributed by atoms with E-state index in [9.17, 15) is 13.9 Å². The Morgan fingerprint density at radius 1 is 1.38 bits per heavy atom. The maximum absolute atomic E-state index is 14.1. The van der Waals surface area contributed by atoms with Crippen LogP contribution in [0.5, 0.6) is 0 Å². The maximum Gasteiger partial charge on any atom is 0.153 e. The molecule has 0 bridgehead atoms. The summed E-state index contributed by atoms with van der Waals surface area (Å²) < 4.78 is 27.8. The predicted octanol–water partition coefficient (Wildman–Crippen LogP) is 2.72. The number of H-pyrrole nitrogens is 1. The number of halogens is 2. The molecule has 0 amide bonds. The van der Waals surface area contributed by atoms with Crippen LogP contribution in [0.2, 0.25) is 0 Å². The fourth-order valence-electron chi connectivity index (χ4n) is 1.83. The van der Waals surface area contributed by atoms with Crippen molar-refractivity contribution in [1.82, 2.24) is 4.98 Å². The molecule has 2 nitrogen and oxygen atoms in total. The highest BCUT2D eigenvalue weighted by molar-refractivity contribution is 5.81. The van der Waals surface area contributed by atoms with Crippen molar-refractivity contribution in [2.75, 3.05) is 6.61 Å². The van der Waals surface area contributed by atoms with Crippen molar-refractivity contribution in [3.8, 4) is 0 Å². The molecule has 1 aromatic carbocycles. The molecule has 86 valence electrons. The van der Waals surface area contributed by atoms with Gasteiger partial charge >= 0.3 is 0 Å². The Morgan fingerprint density at radius 2 is 2.06 bits per heavy atom. The van der Waals surface area contributed by atoms with E-state index in [-0.39, 0.29) is 17.7 Å². The second kappa shape index (κ2) is 3.56. The third-order valence-corrected chi connectivity index (χ3v) is 2.81. The van der Waals surface area contributed by atoms with E-state index in [0.29, 0.717) is 5.39 Å². The molecule has 16 heavy (non-hydrogen) atoms. The summed E-state index contributed by atoms with van der Waals surface area (Å²) in [5, 5.41) is 9.67. The summed E-state index contributed by atoms with van der Waals surface area (Å²) in [4.78, 5) is 2.73. The molecule has 0 radical (unpaired) electrons. The van der Waals surface area contributed by atoms with Crippen molar-refractivity contribution in [2.24, 2.45) is 0 Å². The number of fused-ring (bicyclic) bond motifs is 1. The number of rotatable bonds is 2. The van der Waals surface area contributed by atoms with E-state index in [1.165, 1.54) is 6.07 Å². The topological polar surface area (TPSA) is 36.0 Å². The number of hydrogen-bond donors (Lipinski definition) is 2. The fraction of sp³-hybridized carbons (Fsp3) is 0.333. The van der Waals surface area contributed by atoms with Crippen LogP contribution in [0, 0.1) is 11.6 Å². The first-order chi connectivity index (χ1) is 7.47. The summed E-state index contributed by atoms with van der Waals surface area (Å²) in [7, 11) is 0. The maximum atomic E-state index is 14.1. The molecule has 0 saturated carbocycles. The van der Waals surface area contributed by atoms with Crippen LogP contribution >= 0.6 is 0 Å². The Morgan fingerprint density at radius 3 is 2.69 bits per heavy atom. The van der Waals surface area contributed by atoms with Gasteiger partial charge in [0.1, 0.15) is 5.82 Å².